The molecule has 14 heavy (non-hydrogen) atoms. The monoisotopic (exact) mass is 207 g/mol. The summed E-state index contributed by atoms with van der Waals surface area (Å²) < 4.78 is 17.0. The van der Waals surface area contributed by atoms with Crippen LogP contribution in [0.4, 0.5) is 0 Å². The molecule has 0 amide bonds. The quantitative estimate of drug-likeness (QED) is 0.558. The average Bonchev–Trinajstić information content (AvgIpc) is 2.98. The topological polar surface area (TPSA) is 26.3 Å². The van der Waals surface area contributed by atoms with Gasteiger partial charge in [0.1, 0.15) is 0 Å². The van der Waals surface area contributed by atoms with Gasteiger partial charge in [-0.15, -0.1) is 6.58 Å². The fraction of sp³-hybridized carbons (Fsp3) is 0.273. The van der Waals surface area contributed by atoms with E-state index in [1.165, 1.54) is 0 Å². The van der Waals surface area contributed by atoms with E-state index < -0.39 is 8.03 Å². The Hall–Kier alpha value is -1.14. The maximum absolute atomic E-state index is 11.6. The van der Waals surface area contributed by atoms with Gasteiger partial charge in [0.05, 0.1) is 0 Å². The lowest BCUT2D eigenvalue weighted by Crippen LogP contribution is -1.86. The smallest absolute Gasteiger partial charge is 0.254 e. The third-order valence-electron chi connectivity index (χ3n) is 2.32. The molecule has 0 aromatic heterocycles. The summed E-state index contributed by atoms with van der Waals surface area (Å²) in [4.78, 5) is 0. The van der Waals surface area contributed by atoms with E-state index in [0.29, 0.717) is 11.7 Å². The Morgan fingerprint density at radius 3 is 2.71 bits per heavy atom. The van der Waals surface area contributed by atoms with Crippen molar-refractivity contribution in [3.63, 3.8) is 0 Å². The second-order valence-corrected chi connectivity index (χ2v) is 4.81. The van der Waals surface area contributed by atoms with Crippen LogP contribution >= 0.6 is 8.03 Å². The summed E-state index contributed by atoms with van der Waals surface area (Å²) in [5.41, 5.74) is 0.183. The molecular formula is C11H12O2P+. The van der Waals surface area contributed by atoms with Crippen molar-refractivity contribution in [1.82, 2.24) is 0 Å². The van der Waals surface area contributed by atoms with Gasteiger partial charge < -0.3 is 0 Å². The molecule has 1 aliphatic carbocycles. The summed E-state index contributed by atoms with van der Waals surface area (Å²) in [6.07, 6.45) is 2.80. The van der Waals surface area contributed by atoms with E-state index in [-0.39, 0.29) is 5.66 Å². The van der Waals surface area contributed by atoms with Crippen molar-refractivity contribution >= 4 is 8.03 Å². The summed E-state index contributed by atoms with van der Waals surface area (Å²) in [6, 6.07) is 9.29. The molecule has 2 nitrogen and oxygen atoms in total. The summed E-state index contributed by atoms with van der Waals surface area (Å²) in [6.45, 7) is 3.68. The van der Waals surface area contributed by atoms with E-state index >= 15 is 0 Å². The second kappa shape index (κ2) is 3.93. The van der Waals surface area contributed by atoms with Crippen LogP contribution in [0.1, 0.15) is 6.42 Å². The predicted octanol–water partition coefficient (Wildman–Crippen LogP) is 3.38. The highest BCUT2D eigenvalue weighted by molar-refractivity contribution is 7.41. The normalized spacial score (nSPS) is 25.3. The minimum atomic E-state index is -1.57. The summed E-state index contributed by atoms with van der Waals surface area (Å²) >= 11 is 0. The van der Waals surface area contributed by atoms with Crippen LogP contribution in [0.2, 0.25) is 0 Å². The molecule has 1 aromatic carbocycles. The lowest BCUT2D eigenvalue weighted by atomic mass is 10.3. The fourth-order valence-corrected chi connectivity index (χ4v) is 2.66. The molecule has 1 fully saturated rings. The van der Waals surface area contributed by atoms with Gasteiger partial charge in [0.25, 0.3) is 0 Å². The highest BCUT2D eigenvalue weighted by Gasteiger charge is 2.53. The van der Waals surface area contributed by atoms with E-state index in [9.17, 15) is 4.57 Å². The first-order valence-corrected chi connectivity index (χ1v) is 5.88. The number of hydrogen-bond donors (Lipinski definition) is 0. The van der Waals surface area contributed by atoms with E-state index in [0.717, 1.165) is 6.42 Å². The van der Waals surface area contributed by atoms with Crippen molar-refractivity contribution < 1.29 is 9.09 Å². The maximum Gasteiger partial charge on any atom is 0.559 e. The molecule has 0 N–H and O–H groups in total. The Morgan fingerprint density at radius 1 is 1.43 bits per heavy atom. The molecule has 3 heteroatoms. The van der Waals surface area contributed by atoms with E-state index in [2.05, 4.69) is 6.58 Å². The Balaban J connectivity index is 1.93. The van der Waals surface area contributed by atoms with Gasteiger partial charge in [-0.05, 0) is 16.7 Å². The van der Waals surface area contributed by atoms with Gasteiger partial charge >= 0.3 is 8.03 Å². The Morgan fingerprint density at radius 2 is 2.14 bits per heavy atom. The molecule has 0 radical (unpaired) electrons. The molecule has 1 unspecified atom stereocenters. The molecule has 3 atom stereocenters. The first kappa shape index (κ1) is 9.42. The van der Waals surface area contributed by atoms with Crippen molar-refractivity contribution in [2.24, 2.45) is 5.92 Å². The number of para-hydroxylation sites is 1. The molecule has 1 aromatic rings. The molecule has 0 aliphatic heterocycles. The highest BCUT2D eigenvalue weighted by Crippen LogP contribution is 2.51. The van der Waals surface area contributed by atoms with Gasteiger partial charge in [-0.2, -0.15) is 0 Å². The van der Waals surface area contributed by atoms with Gasteiger partial charge in [0.15, 0.2) is 5.75 Å². The summed E-state index contributed by atoms with van der Waals surface area (Å²) in [5.74, 6) is 1.07. The van der Waals surface area contributed by atoms with Crippen LogP contribution in [0.25, 0.3) is 0 Å². The Kier molecular flexibility index (Phi) is 2.64. The third kappa shape index (κ3) is 2.02. The highest BCUT2D eigenvalue weighted by atomic mass is 31.1. The molecular weight excluding hydrogens is 195 g/mol. The van der Waals surface area contributed by atoms with Crippen LogP contribution in [0.5, 0.6) is 5.75 Å². The van der Waals surface area contributed by atoms with Crippen LogP contribution in [0.3, 0.4) is 0 Å². The summed E-state index contributed by atoms with van der Waals surface area (Å²) in [7, 11) is -1.57. The average molecular weight is 207 g/mol. The SMILES string of the molecule is C=C[C@@H]1C[C@@H]1[P+](=O)Oc1ccccc1. The predicted molar refractivity (Wildman–Crippen MR) is 56.8 cm³/mol. The molecule has 1 aliphatic rings. The largest absolute Gasteiger partial charge is 0.559 e. The molecule has 0 spiro atoms. The van der Waals surface area contributed by atoms with Crippen molar-refractivity contribution in [2.75, 3.05) is 0 Å². The molecule has 1 saturated carbocycles. The number of benzene rings is 1. The fourth-order valence-electron chi connectivity index (χ4n) is 1.35. The Bertz CT molecular complexity index is 348. The van der Waals surface area contributed by atoms with Crippen LogP contribution in [-0.2, 0) is 4.57 Å². The van der Waals surface area contributed by atoms with Crippen LogP contribution in [0.15, 0.2) is 43.0 Å². The second-order valence-electron chi connectivity index (χ2n) is 3.39. The van der Waals surface area contributed by atoms with E-state index in [4.69, 9.17) is 4.52 Å². The molecule has 0 bridgehead atoms. The van der Waals surface area contributed by atoms with Crippen molar-refractivity contribution in [3.8, 4) is 5.75 Å². The summed E-state index contributed by atoms with van der Waals surface area (Å²) in [5, 5.41) is 0. The maximum atomic E-state index is 11.6. The Labute approximate surface area is 84.5 Å². The third-order valence-corrected chi connectivity index (χ3v) is 3.84. The molecule has 0 saturated heterocycles. The standard InChI is InChI=1S/C11H12O2P/c1-2-9-8-11(9)14(12)13-10-6-4-3-5-7-10/h2-7,9,11H,1,8H2/q+1/t9-,11+/m1/s1. The molecule has 2 rings (SSSR count). The first-order chi connectivity index (χ1) is 6.81. The zero-order chi connectivity index (χ0) is 9.97. The van der Waals surface area contributed by atoms with Crippen molar-refractivity contribution in [3.05, 3.63) is 43.0 Å². The van der Waals surface area contributed by atoms with Gasteiger partial charge in [0, 0.05) is 12.3 Å². The zero-order valence-electron chi connectivity index (χ0n) is 7.80. The number of allylic oxidation sites excluding steroid dienone is 1. The van der Waals surface area contributed by atoms with Crippen molar-refractivity contribution in [1.29, 1.82) is 0 Å². The number of rotatable bonds is 4. The number of hydrogen-bond acceptors (Lipinski definition) is 2. The lowest BCUT2D eigenvalue weighted by Gasteiger charge is -1.90. The van der Waals surface area contributed by atoms with Crippen LogP contribution < -0.4 is 4.52 Å². The van der Waals surface area contributed by atoms with Gasteiger partial charge in [0.2, 0.25) is 5.66 Å². The first-order valence-electron chi connectivity index (χ1n) is 4.63. The minimum Gasteiger partial charge on any atom is -0.254 e. The van der Waals surface area contributed by atoms with E-state index in [1.807, 2.05) is 36.4 Å². The van der Waals surface area contributed by atoms with Gasteiger partial charge in [-0.3, -0.25) is 4.52 Å². The molecule has 0 heterocycles. The van der Waals surface area contributed by atoms with Crippen molar-refractivity contribution in [2.45, 2.75) is 12.1 Å². The minimum absolute atomic E-state index is 0.183. The van der Waals surface area contributed by atoms with Crippen LogP contribution in [0, 0.1) is 5.92 Å². The van der Waals surface area contributed by atoms with Gasteiger partial charge in [-0.25, -0.2) is 0 Å². The van der Waals surface area contributed by atoms with Gasteiger partial charge in [-0.1, -0.05) is 24.3 Å². The zero-order valence-corrected chi connectivity index (χ0v) is 8.69. The molecule has 72 valence electrons. The lowest BCUT2D eigenvalue weighted by molar-refractivity contribution is 0.502. The van der Waals surface area contributed by atoms with E-state index in [1.54, 1.807) is 0 Å². The van der Waals surface area contributed by atoms with Crippen LogP contribution in [-0.4, -0.2) is 5.66 Å².